The number of carbonyl (C=O) groups is 1. The highest BCUT2D eigenvalue weighted by atomic mass is 32.2. The lowest BCUT2D eigenvalue weighted by molar-refractivity contribution is -0.113. The fourth-order valence-corrected chi connectivity index (χ4v) is 5.49. The number of anilines is 1. The summed E-state index contributed by atoms with van der Waals surface area (Å²) in [6, 6.07) is 8.27. The van der Waals surface area contributed by atoms with Crippen LogP contribution in [-0.4, -0.2) is 31.8 Å². The van der Waals surface area contributed by atoms with Crippen molar-refractivity contribution in [2.75, 3.05) is 11.1 Å². The molecule has 0 bridgehead atoms. The molecule has 4 aromatic rings. The quantitative estimate of drug-likeness (QED) is 0.265. The van der Waals surface area contributed by atoms with Crippen molar-refractivity contribution < 1.29 is 4.79 Å². The van der Waals surface area contributed by atoms with Crippen molar-refractivity contribution in [3.63, 3.8) is 0 Å². The monoisotopic (exact) mass is 485 g/mol. The van der Waals surface area contributed by atoms with Crippen LogP contribution >= 0.6 is 34.4 Å². The molecule has 0 aliphatic heterocycles. The van der Waals surface area contributed by atoms with Crippen molar-refractivity contribution in [3.8, 4) is 11.1 Å². The normalized spacial score (nSPS) is 11.6. The first kappa shape index (κ1) is 22.6. The van der Waals surface area contributed by atoms with Gasteiger partial charge in [0.2, 0.25) is 11.0 Å². The second-order valence-electron chi connectivity index (χ2n) is 7.91. The number of nitrogens with one attached hydrogen (secondary N) is 2. The number of fused-ring (bicyclic) bond motifs is 1. The summed E-state index contributed by atoms with van der Waals surface area (Å²) in [4.78, 5) is 33.1. The molecule has 32 heavy (non-hydrogen) atoms. The molecule has 0 aliphatic carbocycles. The largest absolute Gasteiger partial charge is 0.301 e. The van der Waals surface area contributed by atoms with E-state index in [0.717, 1.165) is 16.1 Å². The van der Waals surface area contributed by atoms with Crippen molar-refractivity contribution in [2.45, 2.75) is 44.7 Å². The average Bonchev–Trinajstić information content (AvgIpc) is 3.40. The summed E-state index contributed by atoms with van der Waals surface area (Å²) in [5, 5.41) is 15.1. The van der Waals surface area contributed by atoms with E-state index in [1.807, 2.05) is 31.4 Å². The summed E-state index contributed by atoms with van der Waals surface area (Å²) in [7, 11) is 0. The molecule has 0 saturated carbocycles. The van der Waals surface area contributed by atoms with Crippen molar-refractivity contribution in [1.29, 1.82) is 0 Å². The van der Waals surface area contributed by atoms with Gasteiger partial charge in [0.1, 0.15) is 9.84 Å². The van der Waals surface area contributed by atoms with Crippen LogP contribution in [0.5, 0.6) is 0 Å². The van der Waals surface area contributed by atoms with Crippen LogP contribution in [-0.2, 0) is 4.79 Å². The van der Waals surface area contributed by atoms with Crippen LogP contribution < -0.4 is 10.9 Å². The first-order valence-corrected chi connectivity index (χ1v) is 12.9. The summed E-state index contributed by atoms with van der Waals surface area (Å²) >= 11 is 3.98. The Bertz CT molecular complexity index is 1310. The van der Waals surface area contributed by atoms with Crippen molar-refractivity contribution in [3.05, 3.63) is 50.6 Å². The zero-order chi connectivity index (χ0) is 22.8. The molecule has 10 heteroatoms. The number of benzene rings is 1. The van der Waals surface area contributed by atoms with Gasteiger partial charge < -0.3 is 4.98 Å². The van der Waals surface area contributed by atoms with E-state index in [1.54, 1.807) is 0 Å². The Balaban J connectivity index is 1.48. The topological polar surface area (TPSA) is 101 Å². The van der Waals surface area contributed by atoms with Crippen LogP contribution in [0.25, 0.3) is 21.3 Å². The molecule has 166 valence electrons. The molecule has 2 N–H and O–H groups in total. The van der Waals surface area contributed by atoms with Crippen LogP contribution in [0.4, 0.5) is 5.13 Å². The Morgan fingerprint density at radius 3 is 2.53 bits per heavy atom. The van der Waals surface area contributed by atoms with Gasteiger partial charge >= 0.3 is 0 Å². The van der Waals surface area contributed by atoms with E-state index in [1.165, 1.54) is 40.0 Å². The number of nitrogens with zero attached hydrogens (tertiary/aromatic N) is 3. The number of carbonyl (C=O) groups excluding carboxylic acids is 1. The van der Waals surface area contributed by atoms with Gasteiger partial charge in [-0.05, 0) is 17.0 Å². The van der Waals surface area contributed by atoms with Crippen molar-refractivity contribution >= 4 is 55.7 Å². The van der Waals surface area contributed by atoms with Crippen LogP contribution in [0.1, 0.15) is 50.1 Å². The van der Waals surface area contributed by atoms with Crippen LogP contribution in [0.3, 0.4) is 0 Å². The molecule has 3 heterocycles. The fourth-order valence-electron chi connectivity index (χ4n) is 3.07. The Morgan fingerprint density at radius 2 is 1.88 bits per heavy atom. The van der Waals surface area contributed by atoms with Gasteiger partial charge in [-0.2, -0.15) is 0 Å². The summed E-state index contributed by atoms with van der Waals surface area (Å²) in [5.74, 6) is 0.604. The molecule has 0 unspecified atom stereocenters. The zero-order valence-corrected chi connectivity index (χ0v) is 20.6. The number of aromatic nitrogens is 4. The Kier molecular flexibility index (Phi) is 6.73. The lowest BCUT2D eigenvalue weighted by Crippen LogP contribution is -2.15. The third kappa shape index (κ3) is 4.92. The van der Waals surface area contributed by atoms with Gasteiger partial charge in [0.25, 0.3) is 5.56 Å². The molecule has 0 atom stereocenters. The highest BCUT2D eigenvalue weighted by molar-refractivity contribution is 7.99. The van der Waals surface area contributed by atoms with E-state index < -0.39 is 0 Å². The fraction of sp³-hybridized carbons (Fsp3) is 0.318. The van der Waals surface area contributed by atoms with Crippen molar-refractivity contribution in [1.82, 2.24) is 20.2 Å². The molecule has 0 spiro atoms. The molecular weight excluding hydrogens is 462 g/mol. The average molecular weight is 486 g/mol. The van der Waals surface area contributed by atoms with Gasteiger partial charge in [0, 0.05) is 16.9 Å². The van der Waals surface area contributed by atoms with E-state index in [9.17, 15) is 9.59 Å². The minimum absolute atomic E-state index is 0.111. The van der Waals surface area contributed by atoms with E-state index in [0.29, 0.717) is 26.4 Å². The number of thioether (sulfide) groups is 1. The predicted octanol–water partition coefficient (Wildman–Crippen LogP) is 5.48. The summed E-state index contributed by atoms with van der Waals surface area (Å²) in [6.07, 6.45) is 0. The SMILES string of the molecule is CC(C)c1ccc(-c2csc3nc(SCC(=O)Nc4nnc(C(C)C)s4)[nH]c(=O)c23)cc1. The number of thiophene rings is 1. The lowest BCUT2D eigenvalue weighted by Gasteiger charge is -2.06. The van der Waals surface area contributed by atoms with E-state index in [2.05, 4.69) is 51.5 Å². The molecular formula is C22H23N5O2S3. The second-order valence-corrected chi connectivity index (χ2v) is 10.7. The third-order valence-electron chi connectivity index (χ3n) is 4.83. The van der Waals surface area contributed by atoms with Gasteiger partial charge in [-0.1, -0.05) is 75.1 Å². The highest BCUT2D eigenvalue weighted by Gasteiger charge is 2.15. The maximum Gasteiger partial charge on any atom is 0.260 e. The van der Waals surface area contributed by atoms with Gasteiger partial charge in [-0.15, -0.1) is 21.5 Å². The van der Waals surface area contributed by atoms with E-state index in [-0.39, 0.29) is 23.1 Å². The minimum Gasteiger partial charge on any atom is -0.301 e. The maximum atomic E-state index is 12.8. The number of hydrogen-bond acceptors (Lipinski definition) is 8. The van der Waals surface area contributed by atoms with Gasteiger partial charge in [0.15, 0.2) is 5.16 Å². The van der Waals surface area contributed by atoms with Gasteiger partial charge in [-0.25, -0.2) is 4.98 Å². The Labute approximate surface area is 197 Å². The van der Waals surface area contributed by atoms with Gasteiger partial charge in [-0.3, -0.25) is 14.9 Å². The Morgan fingerprint density at radius 1 is 1.12 bits per heavy atom. The molecule has 0 fully saturated rings. The van der Waals surface area contributed by atoms with Crippen molar-refractivity contribution in [2.24, 2.45) is 0 Å². The molecule has 0 saturated heterocycles. The summed E-state index contributed by atoms with van der Waals surface area (Å²) in [5.41, 5.74) is 2.92. The molecule has 4 rings (SSSR count). The third-order valence-corrected chi connectivity index (χ3v) is 7.72. The number of rotatable bonds is 7. The van der Waals surface area contributed by atoms with E-state index in [4.69, 9.17) is 0 Å². The van der Waals surface area contributed by atoms with E-state index >= 15 is 0 Å². The number of amides is 1. The highest BCUT2D eigenvalue weighted by Crippen LogP contribution is 2.32. The zero-order valence-electron chi connectivity index (χ0n) is 18.1. The molecule has 3 aromatic heterocycles. The minimum atomic E-state index is -0.221. The summed E-state index contributed by atoms with van der Waals surface area (Å²) < 4.78 is 0. The standard InChI is InChI=1S/C22H23N5O2S3/c1-11(2)13-5-7-14(8-6-13)15-9-30-20-17(15)18(29)24-21(25-20)31-10-16(28)23-22-27-26-19(32-22)12(3)4/h5-9,11-12H,10H2,1-4H3,(H,23,27,28)(H,24,25,29). The number of aromatic amines is 1. The molecule has 1 aromatic carbocycles. The smallest absolute Gasteiger partial charge is 0.260 e. The predicted molar refractivity (Wildman–Crippen MR) is 133 cm³/mol. The molecule has 1 amide bonds. The van der Waals surface area contributed by atoms with Crippen LogP contribution in [0.15, 0.2) is 39.6 Å². The summed E-state index contributed by atoms with van der Waals surface area (Å²) in [6.45, 7) is 8.35. The first-order valence-electron chi connectivity index (χ1n) is 10.2. The maximum absolute atomic E-state index is 12.8. The van der Waals surface area contributed by atoms with Gasteiger partial charge in [0.05, 0.1) is 11.1 Å². The second kappa shape index (κ2) is 9.51. The number of H-pyrrole nitrogens is 1. The molecule has 0 radical (unpaired) electrons. The van der Waals surface area contributed by atoms with Crippen LogP contribution in [0, 0.1) is 0 Å². The van der Waals surface area contributed by atoms with Crippen LogP contribution in [0.2, 0.25) is 0 Å². The molecule has 7 nitrogen and oxygen atoms in total. The first-order chi connectivity index (χ1) is 15.3. The lowest BCUT2D eigenvalue weighted by atomic mass is 9.99. The molecule has 0 aliphatic rings. The number of hydrogen-bond donors (Lipinski definition) is 2. The Hall–Kier alpha value is -2.56.